The minimum Gasteiger partial charge on any atom is -0.293 e. The number of aromatic nitrogens is 4. The van der Waals surface area contributed by atoms with Gasteiger partial charge in [0.05, 0.1) is 10.9 Å². The topological polar surface area (TPSA) is 60.7 Å². The molecule has 0 aliphatic heterocycles. The molecule has 0 bridgehead atoms. The molecule has 0 saturated heterocycles. The number of aryl methyl sites for hydroxylation is 2. The molecular formula is C20H20N4OS. The van der Waals surface area contributed by atoms with Crippen LogP contribution in [-0.4, -0.2) is 31.2 Å². The molecule has 0 saturated carbocycles. The van der Waals surface area contributed by atoms with E-state index in [0.29, 0.717) is 5.16 Å². The summed E-state index contributed by atoms with van der Waals surface area (Å²) in [5, 5.41) is 12.7. The molecule has 0 spiro atoms. The largest absolute Gasteiger partial charge is 0.293 e. The van der Waals surface area contributed by atoms with Crippen LogP contribution < -0.4 is 0 Å². The summed E-state index contributed by atoms with van der Waals surface area (Å²) in [6.45, 7) is 4.13. The standard InChI is InChI=1S/C20H20N4OS/c1-13-7-5-11-17(14(13)2)24-20(21-22-23-24)26-18-12-6-9-15-8-3-4-10-16(15)19(18)25/h3-5,7-8,10-11,18H,6,9,12H2,1-2H3. The first-order valence-corrected chi connectivity index (χ1v) is 9.67. The summed E-state index contributed by atoms with van der Waals surface area (Å²) in [6, 6.07) is 14.0. The molecule has 1 aromatic heterocycles. The van der Waals surface area contributed by atoms with Crippen molar-refractivity contribution in [3.63, 3.8) is 0 Å². The van der Waals surface area contributed by atoms with Gasteiger partial charge in [0.15, 0.2) is 5.78 Å². The number of benzene rings is 2. The Hall–Kier alpha value is -2.47. The number of rotatable bonds is 3. The molecule has 0 radical (unpaired) electrons. The Balaban J connectivity index is 1.66. The van der Waals surface area contributed by atoms with E-state index in [2.05, 4.69) is 41.5 Å². The lowest BCUT2D eigenvalue weighted by molar-refractivity contribution is 0.0988. The van der Waals surface area contributed by atoms with E-state index in [-0.39, 0.29) is 11.0 Å². The van der Waals surface area contributed by atoms with Gasteiger partial charge in [-0.05, 0) is 66.3 Å². The number of carbonyl (C=O) groups excluding carboxylic acids is 1. The van der Waals surface area contributed by atoms with Gasteiger partial charge in [-0.25, -0.2) is 0 Å². The monoisotopic (exact) mass is 364 g/mol. The molecule has 0 fully saturated rings. The van der Waals surface area contributed by atoms with Crippen molar-refractivity contribution in [1.29, 1.82) is 0 Å². The van der Waals surface area contributed by atoms with Crippen molar-refractivity contribution in [2.45, 2.75) is 43.5 Å². The van der Waals surface area contributed by atoms with Crippen LogP contribution in [0.4, 0.5) is 0 Å². The molecule has 3 aromatic rings. The van der Waals surface area contributed by atoms with Crippen molar-refractivity contribution >= 4 is 17.5 Å². The van der Waals surface area contributed by atoms with E-state index in [1.807, 2.05) is 30.3 Å². The average Bonchev–Trinajstić information content (AvgIpc) is 3.04. The molecule has 1 aliphatic carbocycles. The number of Topliss-reactive ketones (excluding diaryl/α,β-unsaturated/α-hetero) is 1. The molecule has 0 amide bonds. The Bertz CT molecular complexity index is 966. The Morgan fingerprint density at radius 3 is 2.85 bits per heavy atom. The number of hydrogen-bond donors (Lipinski definition) is 0. The molecule has 1 atom stereocenters. The maximum atomic E-state index is 13.0. The van der Waals surface area contributed by atoms with Gasteiger partial charge in [0.25, 0.3) is 0 Å². The van der Waals surface area contributed by atoms with Gasteiger partial charge in [0, 0.05) is 5.56 Å². The molecule has 2 aromatic carbocycles. The van der Waals surface area contributed by atoms with Crippen LogP contribution in [0.15, 0.2) is 47.6 Å². The Morgan fingerprint density at radius 2 is 1.96 bits per heavy atom. The van der Waals surface area contributed by atoms with E-state index in [0.717, 1.165) is 41.6 Å². The highest BCUT2D eigenvalue weighted by molar-refractivity contribution is 8.00. The lowest BCUT2D eigenvalue weighted by atomic mass is 10.0. The number of nitrogens with zero attached hydrogens (tertiary/aromatic N) is 4. The normalized spacial score (nSPS) is 17.0. The predicted octanol–water partition coefficient (Wildman–Crippen LogP) is 3.96. The van der Waals surface area contributed by atoms with Gasteiger partial charge >= 0.3 is 0 Å². The van der Waals surface area contributed by atoms with Crippen LogP contribution in [0.25, 0.3) is 5.69 Å². The van der Waals surface area contributed by atoms with Crippen LogP contribution in [0.3, 0.4) is 0 Å². The van der Waals surface area contributed by atoms with E-state index >= 15 is 0 Å². The Morgan fingerprint density at radius 1 is 1.12 bits per heavy atom. The fraction of sp³-hybridized carbons (Fsp3) is 0.300. The molecular weight excluding hydrogens is 344 g/mol. The van der Waals surface area contributed by atoms with E-state index in [4.69, 9.17) is 0 Å². The van der Waals surface area contributed by atoms with E-state index in [1.54, 1.807) is 4.68 Å². The van der Waals surface area contributed by atoms with Gasteiger partial charge in [-0.1, -0.05) is 48.2 Å². The molecule has 26 heavy (non-hydrogen) atoms. The van der Waals surface area contributed by atoms with Gasteiger partial charge in [-0.2, -0.15) is 4.68 Å². The van der Waals surface area contributed by atoms with Gasteiger partial charge in [0.1, 0.15) is 0 Å². The predicted molar refractivity (Wildman–Crippen MR) is 102 cm³/mol. The van der Waals surface area contributed by atoms with Gasteiger partial charge in [-0.15, -0.1) is 5.10 Å². The minimum absolute atomic E-state index is 0.159. The summed E-state index contributed by atoms with van der Waals surface area (Å²) in [6.07, 6.45) is 2.77. The van der Waals surface area contributed by atoms with Crippen LogP contribution in [0, 0.1) is 13.8 Å². The molecule has 0 N–H and O–H groups in total. The highest BCUT2D eigenvalue weighted by Gasteiger charge is 2.28. The molecule has 132 valence electrons. The van der Waals surface area contributed by atoms with Crippen molar-refractivity contribution < 1.29 is 4.79 Å². The average molecular weight is 364 g/mol. The smallest absolute Gasteiger partial charge is 0.214 e. The molecule has 1 aliphatic rings. The molecule has 4 rings (SSSR count). The van der Waals surface area contributed by atoms with Crippen LogP contribution in [0.2, 0.25) is 0 Å². The van der Waals surface area contributed by atoms with E-state index in [9.17, 15) is 4.79 Å². The first kappa shape index (κ1) is 17.0. The summed E-state index contributed by atoms with van der Waals surface area (Å²) < 4.78 is 1.75. The SMILES string of the molecule is Cc1cccc(-n2nnnc2SC2CCCc3ccccc3C2=O)c1C. The quantitative estimate of drug-likeness (QED) is 0.658. The van der Waals surface area contributed by atoms with Crippen molar-refractivity contribution in [3.05, 3.63) is 64.7 Å². The summed E-state index contributed by atoms with van der Waals surface area (Å²) in [5.74, 6) is 0.179. The van der Waals surface area contributed by atoms with Crippen LogP contribution in [0.5, 0.6) is 0 Å². The number of fused-ring (bicyclic) bond motifs is 1. The van der Waals surface area contributed by atoms with E-state index < -0.39 is 0 Å². The summed E-state index contributed by atoms with van der Waals surface area (Å²) in [5.41, 5.74) is 5.27. The summed E-state index contributed by atoms with van der Waals surface area (Å²) in [4.78, 5) is 13.0. The molecule has 1 unspecified atom stereocenters. The third-order valence-electron chi connectivity index (χ3n) is 4.98. The van der Waals surface area contributed by atoms with Gasteiger partial charge in [-0.3, -0.25) is 4.79 Å². The second-order valence-electron chi connectivity index (χ2n) is 6.61. The number of ketones is 1. The van der Waals surface area contributed by atoms with Crippen LogP contribution in [0.1, 0.15) is 39.9 Å². The maximum Gasteiger partial charge on any atom is 0.214 e. The Kier molecular flexibility index (Phi) is 4.59. The zero-order valence-corrected chi connectivity index (χ0v) is 15.7. The molecule has 6 heteroatoms. The zero-order chi connectivity index (χ0) is 18.1. The van der Waals surface area contributed by atoms with Crippen LogP contribution >= 0.6 is 11.8 Å². The molecule has 1 heterocycles. The second kappa shape index (κ2) is 7.03. The number of tetrazole rings is 1. The van der Waals surface area contributed by atoms with Crippen molar-refractivity contribution in [2.75, 3.05) is 0 Å². The highest BCUT2D eigenvalue weighted by Crippen LogP contribution is 2.33. The van der Waals surface area contributed by atoms with Crippen molar-refractivity contribution in [2.24, 2.45) is 0 Å². The molecule has 5 nitrogen and oxygen atoms in total. The minimum atomic E-state index is -0.159. The summed E-state index contributed by atoms with van der Waals surface area (Å²) in [7, 11) is 0. The first-order chi connectivity index (χ1) is 12.6. The van der Waals surface area contributed by atoms with Gasteiger partial charge in [0.2, 0.25) is 5.16 Å². The van der Waals surface area contributed by atoms with Gasteiger partial charge < -0.3 is 0 Å². The number of hydrogen-bond acceptors (Lipinski definition) is 5. The van der Waals surface area contributed by atoms with Crippen molar-refractivity contribution in [1.82, 2.24) is 20.2 Å². The maximum absolute atomic E-state index is 13.0. The second-order valence-corrected chi connectivity index (χ2v) is 7.78. The number of thioether (sulfide) groups is 1. The highest BCUT2D eigenvalue weighted by atomic mass is 32.2. The fourth-order valence-electron chi connectivity index (χ4n) is 3.37. The lowest BCUT2D eigenvalue weighted by Crippen LogP contribution is -2.17. The first-order valence-electron chi connectivity index (χ1n) is 8.79. The lowest BCUT2D eigenvalue weighted by Gasteiger charge is -2.14. The fourth-order valence-corrected chi connectivity index (χ4v) is 4.46. The third-order valence-corrected chi connectivity index (χ3v) is 6.18. The van der Waals surface area contributed by atoms with Crippen molar-refractivity contribution in [3.8, 4) is 5.69 Å². The third kappa shape index (κ3) is 3.05. The Labute approximate surface area is 156 Å². The summed E-state index contributed by atoms with van der Waals surface area (Å²) >= 11 is 1.47. The number of carbonyl (C=O) groups is 1. The zero-order valence-electron chi connectivity index (χ0n) is 14.8. The van der Waals surface area contributed by atoms with E-state index in [1.165, 1.54) is 17.3 Å². The van der Waals surface area contributed by atoms with Crippen LogP contribution in [-0.2, 0) is 6.42 Å².